The SMILES string of the molecule is CNCCC(=O)N(CCc1ccccc1)C1CCOC1.Cl. The number of hydrogen-bond acceptors (Lipinski definition) is 3. The minimum atomic E-state index is 0. The van der Waals surface area contributed by atoms with Crippen molar-refractivity contribution < 1.29 is 9.53 Å². The fraction of sp³-hybridized carbons (Fsp3) is 0.562. The van der Waals surface area contributed by atoms with Crippen LogP contribution in [0.3, 0.4) is 0 Å². The number of benzene rings is 1. The number of hydrogen-bond donors (Lipinski definition) is 1. The molecule has 0 spiro atoms. The zero-order valence-corrected chi connectivity index (χ0v) is 13.4. The number of halogens is 1. The average Bonchev–Trinajstić information content (AvgIpc) is 3.00. The summed E-state index contributed by atoms with van der Waals surface area (Å²) >= 11 is 0. The summed E-state index contributed by atoms with van der Waals surface area (Å²) in [6.07, 6.45) is 2.42. The highest BCUT2D eigenvalue weighted by molar-refractivity contribution is 5.85. The van der Waals surface area contributed by atoms with Gasteiger partial charge in [-0.15, -0.1) is 12.4 Å². The van der Waals surface area contributed by atoms with Crippen molar-refractivity contribution in [3.63, 3.8) is 0 Å². The van der Waals surface area contributed by atoms with Gasteiger partial charge in [0.2, 0.25) is 5.91 Å². The van der Waals surface area contributed by atoms with Crippen LogP contribution in [0.4, 0.5) is 0 Å². The minimum Gasteiger partial charge on any atom is -0.379 e. The highest BCUT2D eigenvalue weighted by Gasteiger charge is 2.26. The third-order valence-corrected chi connectivity index (χ3v) is 3.74. The van der Waals surface area contributed by atoms with Gasteiger partial charge in [0, 0.05) is 26.1 Å². The third kappa shape index (κ3) is 5.65. The first-order chi connectivity index (χ1) is 9.81. The molecule has 1 unspecified atom stereocenters. The standard InChI is InChI=1S/C16H24N2O2.ClH/c1-17-10-7-16(19)18(15-9-12-20-13-15)11-8-14-5-3-2-4-6-14;/h2-6,15,17H,7-13H2,1H3;1H. The fourth-order valence-electron chi connectivity index (χ4n) is 2.55. The van der Waals surface area contributed by atoms with Crippen molar-refractivity contribution in [1.82, 2.24) is 10.2 Å². The van der Waals surface area contributed by atoms with E-state index >= 15 is 0 Å². The van der Waals surface area contributed by atoms with Gasteiger partial charge in [-0.2, -0.15) is 0 Å². The Morgan fingerprint density at radius 2 is 2.14 bits per heavy atom. The fourth-order valence-corrected chi connectivity index (χ4v) is 2.55. The summed E-state index contributed by atoms with van der Waals surface area (Å²) in [5.41, 5.74) is 1.28. The Morgan fingerprint density at radius 3 is 2.76 bits per heavy atom. The first-order valence-electron chi connectivity index (χ1n) is 7.37. The van der Waals surface area contributed by atoms with Gasteiger partial charge in [0.15, 0.2) is 0 Å². The number of carbonyl (C=O) groups excluding carboxylic acids is 1. The second kappa shape index (κ2) is 9.77. The molecule has 0 bridgehead atoms. The van der Waals surface area contributed by atoms with Crippen LogP contribution in [0.5, 0.6) is 0 Å². The molecule has 0 radical (unpaired) electrons. The first-order valence-corrected chi connectivity index (χ1v) is 7.37. The van der Waals surface area contributed by atoms with Gasteiger partial charge in [0.1, 0.15) is 0 Å². The second-order valence-electron chi connectivity index (χ2n) is 5.19. The zero-order chi connectivity index (χ0) is 14.2. The smallest absolute Gasteiger partial charge is 0.224 e. The van der Waals surface area contributed by atoms with Crippen molar-refractivity contribution in [3.8, 4) is 0 Å². The van der Waals surface area contributed by atoms with Crippen molar-refractivity contribution in [3.05, 3.63) is 35.9 Å². The molecule has 5 heteroatoms. The Morgan fingerprint density at radius 1 is 1.38 bits per heavy atom. The predicted octanol–water partition coefficient (Wildman–Crippen LogP) is 1.88. The predicted molar refractivity (Wildman–Crippen MR) is 86.9 cm³/mol. The van der Waals surface area contributed by atoms with Crippen molar-refractivity contribution in [1.29, 1.82) is 0 Å². The van der Waals surface area contributed by atoms with Crippen LogP contribution < -0.4 is 5.32 Å². The first kappa shape index (κ1) is 18.0. The van der Waals surface area contributed by atoms with E-state index in [4.69, 9.17) is 4.74 Å². The molecular formula is C16H25ClN2O2. The summed E-state index contributed by atoms with van der Waals surface area (Å²) in [7, 11) is 1.88. The van der Waals surface area contributed by atoms with Gasteiger partial charge in [-0.05, 0) is 25.5 Å². The summed E-state index contributed by atoms with van der Waals surface area (Å²) < 4.78 is 5.44. The van der Waals surface area contributed by atoms with Crippen LogP contribution in [-0.2, 0) is 16.0 Å². The second-order valence-corrected chi connectivity index (χ2v) is 5.19. The lowest BCUT2D eigenvalue weighted by Gasteiger charge is -2.28. The quantitative estimate of drug-likeness (QED) is 0.836. The Balaban J connectivity index is 0.00000220. The van der Waals surface area contributed by atoms with Crippen LogP contribution >= 0.6 is 12.4 Å². The van der Waals surface area contributed by atoms with E-state index in [0.29, 0.717) is 13.0 Å². The minimum absolute atomic E-state index is 0. The summed E-state index contributed by atoms with van der Waals surface area (Å²) in [5, 5.41) is 3.04. The normalized spacial score (nSPS) is 17.3. The van der Waals surface area contributed by atoms with E-state index in [1.165, 1.54) is 5.56 Å². The highest BCUT2D eigenvalue weighted by atomic mass is 35.5. The molecular weight excluding hydrogens is 288 g/mol. The Hall–Kier alpha value is -1.10. The highest BCUT2D eigenvalue weighted by Crippen LogP contribution is 2.15. The zero-order valence-electron chi connectivity index (χ0n) is 12.6. The van der Waals surface area contributed by atoms with E-state index in [1.807, 2.05) is 30.1 Å². The number of rotatable bonds is 7. The molecule has 1 saturated heterocycles. The third-order valence-electron chi connectivity index (χ3n) is 3.74. The summed E-state index contributed by atoms with van der Waals surface area (Å²) in [6.45, 7) is 2.96. The summed E-state index contributed by atoms with van der Waals surface area (Å²) in [6, 6.07) is 10.6. The van der Waals surface area contributed by atoms with E-state index in [-0.39, 0.29) is 24.4 Å². The van der Waals surface area contributed by atoms with Crippen LogP contribution in [0.1, 0.15) is 18.4 Å². The van der Waals surface area contributed by atoms with E-state index < -0.39 is 0 Å². The lowest BCUT2D eigenvalue weighted by Crippen LogP contribution is -2.42. The molecule has 1 heterocycles. The molecule has 4 nitrogen and oxygen atoms in total. The summed E-state index contributed by atoms with van der Waals surface area (Å²) in [5.74, 6) is 0.228. The maximum absolute atomic E-state index is 12.3. The number of nitrogens with zero attached hydrogens (tertiary/aromatic N) is 1. The number of carbonyl (C=O) groups is 1. The molecule has 1 aliphatic heterocycles. The monoisotopic (exact) mass is 312 g/mol. The molecule has 21 heavy (non-hydrogen) atoms. The van der Waals surface area contributed by atoms with Gasteiger partial charge >= 0.3 is 0 Å². The van der Waals surface area contributed by atoms with Gasteiger partial charge in [-0.3, -0.25) is 4.79 Å². The van der Waals surface area contributed by atoms with Crippen LogP contribution in [0.2, 0.25) is 0 Å². The maximum Gasteiger partial charge on any atom is 0.224 e. The van der Waals surface area contributed by atoms with Crippen molar-refractivity contribution >= 4 is 18.3 Å². The molecule has 0 saturated carbocycles. The van der Waals surface area contributed by atoms with Crippen LogP contribution in [0.15, 0.2) is 30.3 Å². The topological polar surface area (TPSA) is 41.6 Å². The van der Waals surface area contributed by atoms with E-state index in [9.17, 15) is 4.79 Å². The number of nitrogens with one attached hydrogen (secondary N) is 1. The van der Waals surface area contributed by atoms with Crippen LogP contribution in [-0.4, -0.2) is 50.2 Å². The average molecular weight is 313 g/mol. The van der Waals surface area contributed by atoms with Crippen LogP contribution in [0.25, 0.3) is 0 Å². The number of ether oxygens (including phenoxy) is 1. The molecule has 1 fully saturated rings. The molecule has 118 valence electrons. The van der Waals surface area contributed by atoms with Crippen molar-refractivity contribution in [2.75, 3.05) is 33.4 Å². The molecule has 1 aromatic rings. The van der Waals surface area contributed by atoms with Gasteiger partial charge in [0.05, 0.1) is 12.6 Å². The maximum atomic E-state index is 12.3. The van der Waals surface area contributed by atoms with Crippen molar-refractivity contribution in [2.45, 2.75) is 25.3 Å². The molecule has 1 aromatic carbocycles. The molecule has 1 atom stereocenters. The Bertz CT molecular complexity index is 408. The Kier molecular flexibility index (Phi) is 8.35. The van der Waals surface area contributed by atoms with Gasteiger partial charge in [0.25, 0.3) is 0 Å². The lowest BCUT2D eigenvalue weighted by molar-refractivity contribution is -0.133. The molecule has 0 aliphatic carbocycles. The molecule has 1 amide bonds. The van der Waals surface area contributed by atoms with Crippen LogP contribution in [0, 0.1) is 0 Å². The number of amides is 1. The van der Waals surface area contributed by atoms with Gasteiger partial charge in [-0.1, -0.05) is 30.3 Å². The molecule has 1 N–H and O–H groups in total. The van der Waals surface area contributed by atoms with E-state index in [2.05, 4.69) is 17.4 Å². The Labute approximate surface area is 133 Å². The molecule has 2 rings (SSSR count). The van der Waals surface area contributed by atoms with E-state index in [0.717, 1.165) is 32.5 Å². The summed E-state index contributed by atoms with van der Waals surface area (Å²) in [4.78, 5) is 14.4. The van der Waals surface area contributed by atoms with Gasteiger partial charge < -0.3 is 15.0 Å². The molecule has 0 aromatic heterocycles. The lowest BCUT2D eigenvalue weighted by atomic mass is 10.1. The largest absolute Gasteiger partial charge is 0.379 e. The van der Waals surface area contributed by atoms with Gasteiger partial charge in [-0.25, -0.2) is 0 Å². The van der Waals surface area contributed by atoms with E-state index in [1.54, 1.807) is 0 Å². The van der Waals surface area contributed by atoms with Crippen molar-refractivity contribution in [2.24, 2.45) is 0 Å². The molecule has 1 aliphatic rings.